The second kappa shape index (κ2) is 3.20. The summed E-state index contributed by atoms with van der Waals surface area (Å²) in [4.78, 5) is 0. The Morgan fingerprint density at radius 2 is 2.31 bits per heavy atom. The summed E-state index contributed by atoms with van der Waals surface area (Å²) in [5, 5.41) is 13.4. The minimum absolute atomic E-state index is 0.270. The lowest BCUT2D eigenvalue weighted by molar-refractivity contribution is 0.184. The molecule has 0 bridgehead atoms. The number of fused-ring (bicyclic) bond motifs is 1. The molecule has 0 amide bonds. The molecule has 1 aliphatic rings. The number of benzene rings is 1. The van der Waals surface area contributed by atoms with Crippen LogP contribution >= 0.6 is 11.6 Å². The van der Waals surface area contributed by atoms with Crippen molar-refractivity contribution >= 4 is 17.3 Å². The summed E-state index contributed by atoms with van der Waals surface area (Å²) in [5.41, 5.74) is 3.32. The van der Waals surface area contributed by atoms with E-state index in [4.69, 9.17) is 11.6 Å². The van der Waals surface area contributed by atoms with E-state index in [0.29, 0.717) is 6.54 Å². The molecule has 0 radical (unpaired) electrons. The summed E-state index contributed by atoms with van der Waals surface area (Å²) in [6.07, 6.45) is 0.452. The Bertz CT molecular complexity index is 338. The molecule has 0 fully saturated rings. The fraction of sp³-hybridized carbons (Fsp3) is 0.400. The van der Waals surface area contributed by atoms with Crippen LogP contribution in [0.5, 0.6) is 0 Å². The summed E-state index contributed by atoms with van der Waals surface area (Å²) >= 11 is 5.98. The lowest BCUT2D eigenvalue weighted by Gasteiger charge is -2.24. The molecule has 3 heteroatoms. The third-order valence-electron chi connectivity index (χ3n) is 2.46. The Hall–Kier alpha value is -0.730. The molecule has 1 aromatic rings. The fourth-order valence-corrected chi connectivity index (χ4v) is 1.86. The van der Waals surface area contributed by atoms with Crippen molar-refractivity contribution in [1.29, 1.82) is 0 Å². The van der Waals surface area contributed by atoms with Gasteiger partial charge in [-0.1, -0.05) is 17.7 Å². The van der Waals surface area contributed by atoms with Crippen LogP contribution in [0.1, 0.15) is 11.1 Å². The van der Waals surface area contributed by atoms with Crippen LogP contribution < -0.4 is 5.32 Å². The standard InChI is InChI=1S/C10H12ClNO/c1-6-9(11)3-2-7-4-8(13)5-12-10(6)7/h2-3,8,12-13H,4-5H2,1H3. The first-order valence-electron chi connectivity index (χ1n) is 4.38. The van der Waals surface area contributed by atoms with Gasteiger partial charge in [-0.25, -0.2) is 0 Å². The molecule has 0 saturated heterocycles. The highest BCUT2D eigenvalue weighted by molar-refractivity contribution is 6.31. The van der Waals surface area contributed by atoms with Gasteiger partial charge in [-0.05, 0) is 24.1 Å². The van der Waals surface area contributed by atoms with Gasteiger partial charge in [0.2, 0.25) is 0 Å². The Balaban J connectivity index is 2.47. The molecule has 70 valence electrons. The van der Waals surface area contributed by atoms with Gasteiger partial charge in [0, 0.05) is 23.7 Å². The number of halogens is 1. The van der Waals surface area contributed by atoms with Crippen molar-refractivity contribution in [3.8, 4) is 0 Å². The first-order chi connectivity index (χ1) is 6.18. The molecule has 0 aromatic heterocycles. The van der Waals surface area contributed by atoms with Crippen molar-refractivity contribution in [3.63, 3.8) is 0 Å². The lowest BCUT2D eigenvalue weighted by atomic mass is 9.98. The van der Waals surface area contributed by atoms with Crippen molar-refractivity contribution in [1.82, 2.24) is 0 Å². The van der Waals surface area contributed by atoms with Gasteiger partial charge in [0.05, 0.1) is 6.10 Å². The van der Waals surface area contributed by atoms with Gasteiger partial charge >= 0.3 is 0 Å². The van der Waals surface area contributed by atoms with Crippen LogP contribution in [0.25, 0.3) is 0 Å². The Kier molecular flexibility index (Phi) is 2.18. The zero-order chi connectivity index (χ0) is 9.42. The largest absolute Gasteiger partial charge is 0.391 e. The normalized spacial score (nSPS) is 20.7. The van der Waals surface area contributed by atoms with Gasteiger partial charge in [-0.15, -0.1) is 0 Å². The van der Waals surface area contributed by atoms with E-state index in [2.05, 4.69) is 5.32 Å². The van der Waals surface area contributed by atoms with Crippen molar-refractivity contribution in [3.05, 3.63) is 28.3 Å². The fourth-order valence-electron chi connectivity index (χ4n) is 1.70. The zero-order valence-electron chi connectivity index (χ0n) is 7.47. The summed E-state index contributed by atoms with van der Waals surface area (Å²) < 4.78 is 0. The predicted molar refractivity (Wildman–Crippen MR) is 54.4 cm³/mol. The van der Waals surface area contributed by atoms with Gasteiger partial charge < -0.3 is 10.4 Å². The highest BCUT2D eigenvalue weighted by Gasteiger charge is 2.17. The topological polar surface area (TPSA) is 32.3 Å². The second-order valence-electron chi connectivity index (χ2n) is 3.45. The summed E-state index contributed by atoms with van der Waals surface area (Å²) in [6, 6.07) is 3.86. The number of β-amino-alcohol motifs (C(OH)–C–C–N with tert-alkyl or cyclic N) is 1. The number of nitrogens with one attached hydrogen (secondary N) is 1. The first-order valence-corrected chi connectivity index (χ1v) is 4.76. The molecule has 2 nitrogen and oxygen atoms in total. The van der Waals surface area contributed by atoms with Crippen LogP contribution in [-0.2, 0) is 6.42 Å². The molecule has 1 atom stereocenters. The van der Waals surface area contributed by atoms with Crippen molar-refractivity contribution in [2.24, 2.45) is 0 Å². The van der Waals surface area contributed by atoms with Crippen LogP contribution in [0, 0.1) is 6.92 Å². The molecular formula is C10H12ClNO. The highest BCUT2D eigenvalue weighted by Crippen LogP contribution is 2.30. The molecular weight excluding hydrogens is 186 g/mol. The monoisotopic (exact) mass is 197 g/mol. The number of anilines is 1. The molecule has 0 spiro atoms. The third kappa shape index (κ3) is 1.52. The number of aliphatic hydroxyl groups excluding tert-OH is 1. The van der Waals surface area contributed by atoms with E-state index in [1.54, 1.807) is 0 Å². The molecule has 1 unspecified atom stereocenters. The smallest absolute Gasteiger partial charge is 0.0753 e. The first kappa shape index (κ1) is 8.85. The average molecular weight is 198 g/mol. The minimum atomic E-state index is -0.270. The Morgan fingerprint density at radius 3 is 3.08 bits per heavy atom. The maximum Gasteiger partial charge on any atom is 0.0753 e. The number of rotatable bonds is 0. The van der Waals surface area contributed by atoms with Crippen molar-refractivity contribution in [2.45, 2.75) is 19.4 Å². The molecule has 0 aliphatic carbocycles. The lowest BCUT2D eigenvalue weighted by Crippen LogP contribution is -2.27. The molecule has 1 heterocycles. The highest BCUT2D eigenvalue weighted by atomic mass is 35.5. The van der Waals surface area contributed by atoms with Gasteiger partial charge in [0.25, 0.3) is 0 Å². The van der Waals surface area contributed by atoms with Crippen LogP contribution in [-0.4, -0.2) is 17.8 Å². The van der Waals surface area contributed by atoms with Crippen LogP contribution in [0.2, 0.25) is 5.02 Å². The number of hydrogen-bond acceptors (Lipinski definition) is 2. The average Bonchev–Trinajstić information content (AvgIpc) is 2.12. The van der Waals surface area contributed by atoms with E-state index in [0.717, 1.165) is 28.3 Å². The number of aliphatic hydroxyl groups is 1. The molecule has 13 heavy (non-hydrogen) atoms. The van der Waals surface area contributed by atoms with E-state index in [1.807, 2.05) is 19.1 Å². The van der Waals surface area contributed by atoms with Crippen LogP contribution in [0.4, 0.5) is 5.69 Å². The van der Waals surface area contributed by atoms with Gasteiger partial charge in [0.15, 0.2) is 0 Å². The Morgan fingerprint density at radius 1 is 1.54 bits per heavy atom. The summed E-state index contributed by atoms with van der Waals surface area (Å²) in [6.45, 7) is 2.61. The van der Waals surface area contributed by atoms with E-state index in [1.165, 1.54) is 0 Å². The van der Waals surface area contributed by atoms with E-state index in [-0.39, 0.29) is 6.10 Å². The molecule has 2 rings (SSSR count). The Labute approximate surface area is 82.5 Å². The SMILES string of the molecule is Cc1c(Cl)ccc2c1NCC(O)C2. The molecule has 2 N–H and O–H groups in total. The van der Waals surface area contributed by atoms with Crippen LogP contribution in [0.15, 0.2) is 12.1 Å². The minimum Gasteiger partial charge on any atom is -0.391 e. The molecule has 1 aromatic carbocycles. The quantitative estimate of drug-likeness (QED) is 0.667. The van der Waals surface area contributed by atoms with Crippen molar-refractivity contribution in [2.75, 3.05) is 11.9 Å². The van der Waals surface area contributed by atoms with E-state index in [9.17, 15) is 5.11 Å². The maximum absolute atomic E-state index is 9.42. The zero-order valence-corrected chi connectivity index (χ0v) is 8.23. The molecule has 0 saturated carbocycles. The second-order valence-corrected chi connectivity index (χ2v) is 3.85. The van der Waals surface area contributed by atoms with Crippen LogP contribution in [0.3, 0.4) is 0 Å². The number of hydrogen-bond donors (Lipinski definition) is 2. The van der Waals surface area contributed by atoms with Gasteiger partial charge in [0.1, 0.15) is 0 Å². The van der Waals surface area contributed by atoms with Gasteiger partial charge in [-0.3, -0.25) is 0 Å². The third-order valence-corrected chi connectivity index (χ3v) is 2.86. The predicted octanol–water partition coefficient (Wildman–Crippen LogP) is 1.98. The molecule has 1 aliphatic heterocycles. The maximum atomic E-state index is 9.42. The van der Waals surface area contributed by atoms with Gasteiger partial charge in [-0.2, -0.15) is 0 Å². The van der Waals surface area contributed by atoms with E-state index >= 15 is 0 Å². The van der Waals surface area contributed by atoms with E-state index < -0.39 is 0 Å². The summed E-state index contributed by atoms with van der Waals surface area (Å²) in [7, 11) is 0. The van der Waals surface area contributed by atoms with Crippen molar-refractivity contribution < 1.29 is 5.11 Å². The summed E-state index contributed by atoms with van der Waals surface area (Å²) in [5.74, 6) is 0.